The summed E-state index contributed by atoms with van der Waals surface area (Å²) in [6.07, 6.45) is 1.42. The van der Waals surface area contributed by atoms with Crippen LogP contribution in [0.5, 0.6) is 0 Å². The predicted molar refractivity (Wildman–Crippen MR) is 103 cm³/mol. The Labute approximate surface area is 159 Å². The third kappa shape index (κ3) is 4.47. The summed E-state index contributed by atoms with van der Waals surface area (Å²) in [6, 6.07) is 12.9. The Balaban J connectivity index is 1.62. The molecule has 0 saturated carbocycles. The van der Waals surface area contributed by atoms with Gasteiger partial charge in [0.25, 0.3) is 5.91 Å². The van der Waals surface area contributed by atoms with Crippen molar-refractivity contribution in [2.75, 3.05) is 11.9 Å². The minimum absolute atomic E-state index is 0.340. The molecule has 5 nitrogen and oxygen atoms in total. The van der Waals surface area contributed by atoms with Crippen LogP contribution in [0.15, 0.2) is 54.0 Å². The number of esters is 1. The second-order valence-corrected chi connectivity index (χ2v) is 6.87. The van der Waals surface area contributed by atoms with Gasteiger partial charge in [-0.05, 0) is 36.1 Å². The molecule has 0 atom stereocenters. The lowest BCUT2D eigenvalue weighted by atomic mass is 10.1. The molecule has 0 spiro atoms. The van der Waals surface area contributed by atoms with Crippen LogP contribution < -0.4 is 5.32 Å². The number of carbonyl (C=O) groups is 2. The second kappa shape index (κ2) is 8.12. The van der Waals surface area contributed by atoms with Crippen molar-refractivity contribution in [2.24, 2.45) is 0 Å². The summed E-state index contributed by atoms with van der Waals surface area (Å²) in [5.41, 5.74) is 2.86. The molecule has 26 heavy (non-hydrogen) atoms. The second-order valence-electron chi connectivity index (χ2n) is 5.52. The maximum Gasteiger partial charge on any atom is 0.349 e. The molecule has 2 aromatic heterocycles. The van der Waals surface area contributed by atoms with Crippen LogP contribution in [0.3, 0.4) is 0 Å². The Kier molecular flexibility index (Phi) is 5.65. The van der Waals surface area contributed by atoms with Crippen LogP contribution in [-0.4, -0.2) is 23.5 Å². The zero-order valence-electron chi connectivity index (χ0n) is 13.9. The number of hydrogen-bond donors (Lipinski definition) is 1. The lowest BCUT2D eigenvalue weighted by Gasteiger charge is -2.07. The Morgan fingerprint density at radius 3 is 2.62 bits per heavy atom. The zero-order chi connectivity index (χ0) is 18.5. The SMILES string of the molecule is Cc1ccc(-c2ccsc2C(=O)OCC(=O)Nc2ccc(Cl)cn2)cc1. The van der Waals surface area contributed by atoms with Gasteiger partial charge in [-0.25, -0.2) is 9.78 Å². The first-order chi connectivity index (χ1) is 12.5. The summed E-state index contributed by atoms with van der Waals surface area (Å²) in [6.45, 7) is 1.61. The van der Waals surface area contributed by atoms with E-state index in [1.54, 1.807) is 12.1 Å². The average molecular weight is 387 g/mol. The molecule has 0 saturated heterocycles. The van der Waals surface area contributed by atoms with Gasteiger partial charge in [-0.15, -0.1) is 11.3 Å². The number of thiophene rings is 1. The van der Waals surface area contributed by atoms with Gasteiger partial charge in [0, 0.05) is 11.8 Å². The molecule has 0 aliphatic rings. The van der Waals surface area contributed by atoms with Crippen LogP contribution in [0.25, 0.3) is 11.1 Å². The van der Waals surface area contributed by atoms with Crippen molar-refractivity contribution in [3.63, 3.8) is 0 Å². The zero-order valence-corrected chi connectivity index (χ0v) is 15.4. The van der Waals surface area contributed by atoms with Crippen LogP contribution in [0.2, 0.25) is 5.02 Å². The van der Waals surface area contributed by atoms with E-state index in [9.17, 15) is 9.59 Å². The first-order valence-electron chi connectivity index (χ1n) is 7.76. The summed E-state index contributed by atoms with van der Waals surface area (Å²) < 4.78 is 5.14. The van der Waals surface area contributed by atoms with Crippen molar-refractivity contribution in [2.45, 2.75) is 6.92 Å². The van der Waals surface area contributed by atoms with Crippen molar-refractivity contribution < 1.29 is 14.3 Å². The minimum atomic E-state index is -0.533. The highest BCUT2D eigenvalue weighted by molar-refractivity contribution is 7.12. The average Bonchev–Trinajstić information content (AvgIpc) is 3.12. The largest absolute Gasteiger partial charge is 0.451 e. The number of halogens is 1. The summed E-state index contributed by atoms with van der Waals surface area (Å²) in [5, 5.41) is 4.83. The van der Waals surface area contributed by atoms with E-state index in [1.807, 2.05) is 42.6 Å². The topological polar surface area (TPSA) is 68.3 Å². The van der Waals surface area contributed by atoms with Gasteiger partial charge < -0.3 is 10.1 Å². The number of hydrogen-bond acceptors (Lipinski definition) is 5. The molecule has 0 unspecified atom stereocenters. The van der Waals surface area contributed by atoms with Crippen molar-refractivity contribution >= 4 is 40.6 Å². The number of pyridine rings is 1. The smallest absolute Gasteiger partial charge is 0.349 e. The highest BCUT2D eigenvalue weighted by Gasteiger charge is 2.17. The first-order valence-corrected chi connectivity index (χ1v) is 9.02. The number of rotatable bonds is 5. The molecule has 0 aliphatic carbocycles. The molecule has 0 fully saturated rings. The fourth-order valence-electron chi connectivity index (χ4n) is 2.25. The number of nitrogens with zero attached hydrogens (tertiary/aromatic N) is 1. The van der Waals surface area contributed by atoms with E-state index >= 15 is 0 Å². The normalized spacial score (nSPS) is 10.4. The molecule has 0 bridgehead atoms. The van der Waals surface area contributed by atoms with Gasteiger partial charge in [0.15, 0.2) is 6.61 Å². The van der Waals surface area contributed by atoms with Gasteiger partial charge in [-0.2, -0.15) is 0 Å². The Morgan fingerprint density at radius 2 is 1.92 bits per heavy atom. The van der Waals surface area contributed by atoms with Gasteiger partial charge in [0.1, 0.15) is 10.7 Å². The number of aromatic nitrogens is 1. The van der Waals surface area contributed by atoms with Crippen molar-refractivity contribution in [3.8, 4) is 11.1 Å². The van der Waals surface area contributed by atoms with Gasteiger partial charge in [-0.1, -0.05) is 41.4 Å². The van der Waals surface area contributed by atoms with E-state index in [1.165, 1.54) is 17.5 Å². The molecule has 132 valence electrons. The number of aryl methyl sites for hydroxylation is 1. The third-order valence-electron chi connectivity index (χ3n) is 3.54. The fraction of sp³-hybridized carbons (Fsp3) is 0.105. The maximum atomic E-state index is 12.3. The van der Waals surface area contributed by atoms with Crippen molar-refractivity contribution in [1.82, 2.24) is 4.98 Å². The summed E-state index contributed by atoms with van der Waals surface area (Å²) >= 11 is 7.02. The molecule has 1 N–H and O–H groups in total. The van der Waals surface area contributed by atoms with E-state index in [0.29, 0.717) is 15.7 Å². The summed E-state index contributed by atoms with van der Waals surface area (Å²) in [5.74, 6) is -0.664. The lowest BCUT2D eigenvalue weighted by molar-refractivity contribution is -0.119. The monoisotopic (exact) mass is 386 g/mol. The van der Waals surface area contributed by atoms with Crippen molar-refractivity contribution in [3.05, 3.63) is 69.5 Å². The van der Waals surface area contributed by atoms with Gasteiger partial charge >= 0.3 is 5.97 Å². The number of ether oxygens (including phenoxy) is 1. The molecular weight excluding hydrogens is 372 g/mol. The van der Waals surface area contributed by atoms with Crippen LogP contribution in [0, 0.1) is 6.92 Å². The van der Waals surface area contributed by atoms with Gasteiger partial charge in [0.2, 0.25) is 0 Å². The van der Waals surface area contributed by atoms with Crippen LogP contribution in [0.1, 0.15) is 15.2 Å². The number of carbonyl (C=O) groups excluding carboxylic acids is 2. The standard InChI is InChI=1S/C19H15ClN2O3S/c1-12-2-4-13(5-3-12)15-8-9-26-18(15)19(24)25-11-17(23)22-16-7-6-14(20)10-21-16/h2-10H,11H2,1H3,(H,21,22,23). The number of benzene rings is 1. The maximum absolute atomic E-state index is 12.3. The van der Waals surface area contributed by atoms with E-state index < -0.39 is 18.5 Å². The minimum Gasteiger partial charge on any atom is -0.451 e. The molecule has 7 heteroatoms. The van der Waals surface area contributed by atoms with Gasteiger partial charge in [-0.3, -0.25) is 4.79 Å². The fourth-order valence-corrected chi connectivity index (χ4v) is 3.17. The summed E-state index contributed by atoms with van der Waals surface area (Å²) in [7, 11) is 0. The van der Waals surface area contributed by atoms with Crippen molar-refractivity contribution in [1.29, 1.82) is 0 Å². The third-order valence-corrected chi connectivity index (χ3v) is 4.66. The number of anilines is 1. The lowest BCUT2D eigenvalue weighted by Crippen LogP contribution is -2.21. The molecular formula is C19H15ClN2O3S. The Hall–Kier alpha value is -2.70. The summed E-state index contributed by atoms with van der Waals surface area (Å²) in [4.78, 5) is 28.7. The van der Waals surface area contributed by atoms with E-state index in [-0.39, 0.29) is 0 Å². The molecule has 1 amide bonds. The predicted octanol–water partition coefficient (Wildman–Crippen LogP) is 4.57. The number of nitrogens with one attached hydrogen (secondary N) is 1. The molecule has 3 rings (SSSR count). The number of amides is 1. The van der Waals surface area contributed by atoms with Crippen LogP contribution in [0.4, 0.5) is 5.82 Å². The van der Waals surface area contributed by atoms with E-state index in [4.69, 9.17) is 16.3 Å². The first kappa shape index (κ1) is 18.1. The molecule has 2 heterocycles. The van der Waals surface area contributed by atoms with E-state index in [2.05, 4.69) is 10.3 Å². The molecule has 3 aromatic rings. The highest BCUT2D eigenvalue weighted by atomic mass is 35.5. The molecule has 1 aromatic carbocycles. The Bertz CT molecular complexity index is 921. The molecule has 0 radical (unpaired) electrons. The van der Waals surface area contributed by atoms with Gasteiger partial charge in [0.05, 0.1) is 5.02 Å². The molecule has 0 aliphatic heterocycles. The highest BCUT2D eigenvalue weighted by Crippen LogP contribution is 2.29. The van der Waals surface area contributed by atoms with E-state index in [0.717, 1.165) is 16.7 Å². The quantitative estimate of drug-likeness (QED) is 0.652. The van der Waals surface area contributed by atoms with Crippen LogP contribution in [-0.2, 0) is 9.53 Å². The Morgan fingerprint density at radius 1 is 1.15 bits per heavy atom. The van der Waals surface area contributed by atoms with Crippen LogP contribution >= 0.6 is 22.9 Å².